The molecule has 0 radical (unpaired) electrons. The molecule has 1 fully saturated rings. The van der Waals surface area contributed by atoms with Gasteiger partial charge in [-0.1, -0.05) is 11.6 Å². The van der Waals surface area contributed by atoms with E-state index in [2.05, 4.69) is 13.0 Å². The monoisotopic (exact) mass is 359 g/mol. The van der Waals surface area contributed by atoms with E-state index in [0.717, 1.165) is 30.4 Å². The Labute approximate surface area is 155 Å². The van der Waals surface area contributed by atoms with Crippen molar-refractivity contribution in [1.29, 1.82) is 0 Å². The summed E-state index contributed by atoms with van der Waals surface area (Å²) >= 11 is 0. The van der Waals surface area contributed by atoms with Crippen molar-refractivity contribution in [2.75, 3.05) is 19.6 Å². The summed E-state index contributed by atoms with van der Waals surface area (Å²) in [4.78, 5) is 14.5. The second kappa shape index (κ2) is 8.23. The second-order valence-electron chi connectivity index (χ2n) is 7.69. The smallest absolute Gasteiger partial charge is 0.325 e. The number of aromatic hydroxyl groups is 1. The minimum atomic E-state index is -0.316. The summed E-state index contributed by atoms with van der Waals surface area (Å²) in [5, 5.41) is 20.1. The van der Waals surface area contributed by atoms with Crippen LogP contribution in [-0.2, 0) is 4.79 Å². The van der Waals surface area contributed by atoms with Gasteiger partial charge in [0.15, 0.2) is 0 Å². The Morgan fingerprint density at radius 1 is 1.23 bits per heavy atom. The molecule has 26 heavy (non-hydrogen) atoms. The molecular weight excluding hydrogens is 330 g/mol. The molecule has 1 aliphatic heterocycles. The van der Waals surface area contributed by atoms with Crippen LogP contribution in [0.3, 0.4) is 0 Å². The predicted molar refractivity (Wildman–Crippen MR) is 101 cm³/mol. The number of carbonyl (C=O) groups excluding carboxylic acids is 1. The fraction of sp³-hybridized carbons (Fsp3) is 0.571. The van der Waals surface area contributed by atoms with Gasteiger partial charge in [-0.15, -0.1) is 0 Å². The molecule has 142 valence electrons. The molecule has 2 N–H and O–H groups in total. The van der Waals surface area contributed by atoms with Gasteiger partial charge in [0.2, 0.25) is 0 Å². The first kappa shape index (κ1) is 18.9. The number of carbonyl (C=O) groups is 1. The number of aliphatic hydroxyl groups excluding tert-OH is 1. The molecule has 0 saturated carbocycles. The van der Waals surface area contributed by atoms with Crippen molar-refractivity contribution in [3.63, 3.8) is 0 Å². The maximum absolute atomic E-state index is 12.5. The van der Waals surface area contributed by atoms with Crippen LogP contribution in [0.15, 0.2) is 23.8 Å². The van der Waals surface area contributed by atoms with Crippen LogP contribution in [-0.4, -0.2) is 46.8 Å². The Hall–Kier alpha value is -1.85. The molecule has 0 amide bonds. The summed E-state index contributed by atoms with van der Waals surface area (Å²) in [7, 11) is 0. The highest BCUT2D eigenvalue weighted by atomic mass is 16.5. The number of phenolic OH excluding ortho intramolecular Hbond substituents is 1. The molecule has 1 heterocycles. The average molecular weight is 359 g/mol. The number of allylic oxidation sites excluding steroid dienone is 2. The lowest BCUT2D eigenvalue weighted by molar-refractivity contribution is -0.136. The van der Waals surface area contributed by atoms with Crippen LogP contribution in [0, 0.1) is 6.92 Å². The molecule has 3 rings (SSSR count). The molecule has 1 aliphatic carbocycles. The van der Waals surface area contributed by atoms with Gasteiger partial charge in [-0.2, -0.15) is 0 Å². The van der Waals surface area contributed by atoms with E-state index in [0.29, 0.717) is 31.7 Å². The standard InChI is InChI=1S/C21H29NO4/c1-14-4-3-5-16(10-14)21-18(24)11-15(2)12-19(21)26-20(25)13-22-8-6-17(23)7-9-22/h10-12,16-17,23-24H,3-9,13H2,1-2H3. The molecule has 0 bridgehead atoms. The highest BCUT2D eigenvalue weighted by Gasteiger charge is 2.25. The Kier molecular flexibility index (Phi) is 5.99. The van der Waals surface area contributed by atoms with Crippen LogP contribution in [0.25, 0.3) is 0 Å². The maximum atomic E-state index is 12.5. The Morgan fingerprint density at radius 3 is 2.65 bits per heavy atom. The highest BCUT2D eigenvalue weighted by molar-refractivity contribution is 5.75. The third kappa shape index (κ3) is 4.65. The van der Waals surface area contributed by atoms with E-state index in [1.165, 1.54) is 5.57 Å². The summed E-state index contributed by atoms with van der Waals surface area (Å²) in [6, 6.07) is 3.57. The normalized spacial score (nSPS) is 22.1. The number of likely N-dealkylation sites (tertiary alicyclic amines) is 1. The predicted octanol–water partition coefficient (Wildman–Crippen LogP) is 3.28. The summed E-state index contributed by atoms with van der Waals surface area (Å²) in [6.07, 6.45) is 6.40. The zero-order valence-corrected chi connectivity index (χ0v) is 15.7. The number of aryl methyl sites for hydroxylation is 1. The van der Waals surface area contributed by atoms with E-state index in [-0.39, 0.29) is 30.3 Å². The number of esters is 1. The molecule has 0 aromatic heterocycles. The molecule has 1 unspecified atom stereocenters. The summed E-state index contributed by atoms with van der Waals surface area (Å²) in [5.74, 6) is 0.437. The Morgan fingerprint density at radius 2 is 1.96 bits per heavy atom. The number of ether oxygens (including phenoxy) is 1. The van der Waals surface area contributed by atoms with E-state index in [9.17, 15) is 15.0 Å². The Balaban J connectivity index is 1.76. The molecule has 1 aromatic rings. The van der Waals surface area contributed by atoms with E-state index in [4.69, 9.17) is 4.74 Å². The number of piperidine rings is 1. The minimum Gasteiger partial charge on any atom is -0.507 e. The molecule has 1 atom stereocenters. The molecule has 0 spiro atoms. The van der Waals surface area contributed by atoms with Crippen LogP contribution in [0.5, 0.6) is 11.5 Å². The van der Waals surface area contributed by atoms with Gasteiger partial charge in [0.25, 0.3) is 0 Å². The largest absolute Gasteiger partial charge is 0.507 e. The van der Waals surface area contributed by atoms with Crippen molar-refractivity contribution in [2.24, 2.45) is 0 Å². The third-order valence-electron chi connectivity index (χ3n) is 5.34. The van der Waals surface area contributed by atoms with Crippen LogP contribution in [0.4, 0.5) is 0 Å². The third-order valence-corrected chi connectivity index (χ3v) is 5.34. The molecule has 1 aromatic carbocycles. The molecule has 5 heteroatoms. The van der Waals surface area contributed by atoms with Crippen molar-refractivity contribution >= 4 is 5.97 Å². The fourth-order valence-electron chi connectivity index (χ4n) is 3.96. The van der Waals surface area contributed by atoms with Crippen molar-refractivity contribution in [1.82, 2.24) is 4.90 Å². The van der Waals surface area contributed by atoms with Crippen LogP contribution < -0.4 is 4.74 Å². The number of hydrogen-bond donors (Lipinski definition) is 2. The quantitative estimate of drug-likeness (QED) is 0.490. The van der Waals surface area contributed by atoms with Crippen LogP contribution in [0.1, 0.15) is 56.1 Å². The van der Waals surface area contributed by atoms with Gasteiger partial charge in [0, 0.05) is 24.6 Å². The van der Waals surface area contributed by atoms with Gasteiger partial charge in [0.05, 0.1) is 12.6 Å². The summed E-state index contributed by atoms with van der Waals surface area (Å²) < 4.78 is 5.69. The second-order valence-corrected chi connectivity index (χ2v) is 7.69. The van der Waals surface area contributed by atoms with Gasteiger partial charge in [0.1, 0.15) is 11.5 Å². The van der Waals surface area contributed by atoms with E-state index >= 15 is 0 Å². The van der Waals surface area contributed by atoms with Gasteiger partial charge in [-0.25, -0.2) is 0 Å². The van der Waals surface area contributed by atoms with Crippen molar-refractivity contribution < 1.29 is 19.7 Å². The lowest BCUT2D eigenvalue weighted by atomic mass is 9.85. The van der Waals surface area contributed by atoms with E-state index in [1.807, 2.05) is 17.9 Å². The topological polar surface area (TPSA) is 70.0 Å². The number of phenols is 1. The number of rotatable bonds is 4. The molecule has 1 saturated heterocycles. The van der Waals surface area contributed by atoms with Gasteiger partial charge in [-0.3, -0.25) is 9.69 Å². The Bertz CT molecular complexity index is 689. The van der Waals surface area contributed by atoms with Crippen molar-refractivity contribution in [3.8, 4) is 11.5 Å². The summed E-state index contributed by atoms with van der Waals surface area (Å²) in [6.45, 7) is 5.60. The zero-order chi connectivity index (χ0) is 18.7. The fourth-order valence-corrected chi connectivity index (χ4v) is 3.96. The van der Waals surface area contributed by atoms with Crippen molar-refractivity contribution in [2.45, 2.75) is 58.0 Å². The number of benzene rings is 1. The lowest BCUT2D eigenvalue weighted by Gasteiger charge is -2.28. The summed E-state index contributed by atoms with van der Waals surface area (Å²) in [5.41, 5.74) is 2.90. The number of hydrogen-bond acceptors (Lipinski definition) is 5. The van der Waals surface area contributed by atoms with E-state index in [1.54, 1.807) is 6.07 Å². The number of nitrogens with zero attached hydrogens (tertiary/aromatic N) is 1. The highest BCUT2D eigenvalue weighted by Crippen LogP contribution is 2.41. The first-order valence-electron chi connectivity index (χ1n) is 9.54. The average Bonchev–Trinajstić information content (AvgIpc) is 2.56. The molecule has 5 nitrogen and oxygen atoms in total. The van der Waals surface area contributed by atoms with Gasteiger partial charge >= 0.3 is 5.97 Å². The first-order chi connectivity index (χ1) is 12.4. The maximum Gasteiger partial charge on any atom is 0.325 e. The van der Waals surface area contributed by atoms with Crippen molar-refractivity contribution in [3.05, 3.63) is 34.9 Å². The molecular formula is C21H29NO4. The van der Waals surface area contributed by atoms with Crippen LogP contribution >= 0.6 is 0 Å². The van der Waals surface area contributed by atoms with E-state index < -0.39 is 0 Å². The van der Waals surface area contributed by atoms with Crippen LogP contribution in [0.2, 0.25) is 0 Å². The zero-order valence-electron chi connectivity index (χ0n) is 15.7. The minimum absolute atomic E-state index is 0.0808. The van der Waals surface area contributed by atoms with Gasteiger partial charge < -0.3 is 14.9 Å². The first-order valence-corrected chi connectivity index (χ1v) is 9.54. The SMILES string of the molecule is CC1=CC(c2c(O)cc(C)cc2OC(=O)CN2CCC(O)CC2)CCC1. The number of aliphatic hydroxyl groups is 1. The van der Waals surface area contributed by atoms with Gasteiger partial charge in [-0.05, 0) is 63.6 Å². The lowest BCUT2D eigenvalue weighted by Crippen LogP contribution is -2.40. The molecule has 2 aliphatic rings.